The van der Waals surface area contributed by atoms with Crippen LogP contribution >= 0.6 is 0 Å². The van der Waals surface area contributed by atoms with Crippen LogP contribution in [0.25, 0.3) is 0 Å². The number of benzene rings is 1. The average molecular weight is 315 g/mol. The lowest BCUT2D eigenvalue weighted by Gasteiger charge is -2.14. The molecule has 0 spiro atoms. The van der Waals surface area contributed by atoms with Crippen molar-refractivity contribution in [3.8, 4) is 0 Å². The van der Waals surface area contributed by atoms with E-state index in [-0.39, 0.29) is 18.0 Å². The fourth-order valence-corrected chi connectivity index (χ4v) is 2.19. The molecule has 1 unspecified atom stereocenters. The molecule has 0 aliphatic heterocycles. The van der Waals surface area contributed by atoms with Crippen molar-refractivity contribution in [1.29, 1.82) is 0 Å². The molecule has 3 N–H and O–H groups in total. The van der Waals surface area contributed by atoms with E-state index in [4.69, 9.17) is 0 Å². The first-order valence-corrected chi connectivity index (χ1v) is 7.29. The molecule has 7 heteroatoms. The van der Waals surface area contributed by atoms with Crippen LogP contribution < -0.4 is 16.0 Å². The Balaban J connectivity index is 2.01. The van der Waals surface area contributed by atoms with Gasteiger partial charge < -0.3 is 16.0 Å². The van der Waals surface area contributed by atoms with Gasteiger partial charge in [0, 0.05) is 37.1 Å². The third kappa shape index (κ3) is 4.09. The summed E-state index contributed by atoms with van der Waals surface area (Å²) in [6.07, 6.45) is 3.57. The van der Waals surface area contributed by atoms with Gasteiger partial charge in [0.2, 0.25) is 0 Å². The van der Waals surface area contributed by atoms with Crippen LogP contribution in [-0.4, -0.2) is 28.8 Å². The molecule has 23 heavy (non-hydrogen) atoms. The van der Waals surface area contributed by atoms with E-state index in [0.717, 1.165) is 11.1 Å². The molecule has 1 atom stereocenters. The molecule has 0 saturated heterocycles. The van der Waals surface area contributed by atoms with Gasteiger partial charge in [-0.3, -0.25) is 9.48 Å². The summed E-state index contributed by atoms with van der Waals surface area (Å²) in [6.45, 7) is 3.73. The lowest BCUT2D eigenvalue weighted by molar-refractivity contribution is 0.0963. The van der Waals surface area contributed by atoms with Gasteiger partial charge in [-0.1, -0.05) is 0 Å². The highest BCUT2D eigenvalue weighted by atomic mass is 16.2. The molecule has 1 aromatic heterocycles. The molecule has 0 radical (unpaired) electrons. The van der Waals surface area contributed by atoms with Gasteiger partial charge in [0.15, 0.2) is 0 Å². The number of aromatic nitrogens is 2. The summed E-state index contributed by atoms with van der Waals surface area (Å²) >= 11 is 0. The predicted octanol–water partition coefficient (Wildman–Crippen LogP) is 1.97. The van der Waals surface area contributed by atoms with Gasteiger partial charge in [0.25, 0.3) is 5.91 Å². The van der Waals surface area contributed by atoms with Crippen LogP contribution in [0.3, 0.4) is 0 Å². The van der Waals surface area contributed by atoms with E-state index in [2.05, 4.69) is 21.0 Å². The summed E-state index contributed by atoms with van der Waals surface area (Å²) < 4.78 is 1.69. The van der Waals surface area contributed by atoms with Crippen LogP contribution in [0.4, 0.5) is 10.5 Å². The molecule has 3 amide bonds. The number of urea groups is 1. The number of hydrogen-bond donors (Lipinski definition) is 3. The molecule has 1 aromatic carbocycles. The minimum absolute atomic E-state index is 0.158. The highest BCUT2D eigenvalue weighted by Gasteiger charge is 2.12. The second kappa shape index (κ2) is 6.95. The van der Waals surface area contributed by atoms with Crippen molar-refractivity contribution in [3.05, 3.63) is 47.3 Å². The first-order chi connectivity index (χ1) is 10.9. The lowest BCUT2D eigenvalue weighted by Crippen LogP contribution is -2.31. The Kier molecular flexibility index (Phi) is 5.00. The maximum atomic E-state index is 12.1. The van der Waals surface area contributed by atoms with Crippen molar-refractivity contribution in [2.24, 2.45) is 7.05 Å². The maximum Gasteiger partial charge on any atom is 0.319 e. The standard InChI is InChI=1S/C16H21N5O2/c1-10-7-12(15(22)17-3)5-6-14(10)20-16(23)19-11(2)13-8-18-21(4)9-13/h5-9,11H,1-4H3,(H,17,22)(H2,19,20,23). The van der Waals surface area contributed by atoms with Crippen molar-refractivity contribution in [3.63, 3.8) is 0 Å². The minimum atomic E-state index is -0.308. The fourth-order valence-electron chi connectivity index (χ4n) is 2.19. The molecular formula is C16H21N5O2. The molecule has 0 saturated carbocycles. The van der Waals surface area contributed by atoms with Crippen molar-refractivity contribution in [1.82, 2.24) is 20.4 Å². The Morgan fingerprint density at radius 3 is 2.61 bits per heavy atom. The highest BCUT2D eigenvalue weighted by molar-refractivity contribution is 5.96. The fraction of sp³-hybridized carbons (Fsp3) is 0.312. The number of carbonyl (C=O) groups excluding carboxylic acids is 2. The van der Waals surface area contributed by atoms with Gasteiger partial charge in [-0.15, -0.1) is 0 Å². The zero-order valence-electron chi connectivity index (χ0n) is 13.7. The Morgan fingerprint density at radius 1 is 1.30 bits per heavy atom. The smallest absolute Gasteiger partial charge is 0.319 e. The number of nitrogens with zero attached hydrogens (tertiary/aromatic N) is 2. The first kappa shape index (κ1) is 16.5. The van der Waals surface area contributed by atoms with E-state index in [9.17, 15) is 9.59 Å². The van der Waals surface area contributed by atoms with Gasteiger partial charge >= 0.3 is 6.03 Å². The topological polar surface area (TPSA) is 88.1 Å². The second-order valence-corrected chi connectivity index (χ2v) is 5.38. The molecule has 0 aliphatic carbocycles. The molecule has 0 bridgehead atoms. The van der Waals surface area contributed by atoms with Gasteiger partial charge in [-0.25, -0.2) is 4.79 Å². The number of anilines is 1. The molecule has 0 aliphatic rings. The van der Waals surface area contributed by atoms with E-state index in [1.807, 2.05) is 27.1 Å². The first-order valence-electron chi connectivity index (χ1n) is 7.29. The summed E-state index contributed by atoms with van der Waals surface area (Å²) in [4.78, 5) is 23.7. The summed E-state index contributed by atoms with van der Waals surface area (Å²) in [5.41, 5.74) is 2.96. The van der Waals surface area contributed by atoms with Gasteiger partial charge in [0.1, 0.15) is 0 Å². The van der Waals surface area contributed by atoms with Crippen LogP contribution in [0.1, 0.15) is 34.5 Å². The summed E-state index contributed by atoms with van der Waals surface area (Å²) in [5, 5.41) is 12.3. The number of carbonyl (C=O) groups is 2. The summed E-state index contributed by atoms with van der Waals surface area (Å²) in [6, 6.07) is 4.66. The molecule has 2 aromatic rings. The number of nitrogens with one attached hydrogen (secondary N) is 3. The average Bonchev–Trinajstić information content (AvgIpc) is 2.95. The maximum absolute atomic E-state index is 12.1. The van der Waals surface area contributed by atoms with E-state index in [0.29, 0.717) is 11.3 Å². The molecule has 1 heterocycles. The van der Waals surface area contributed by atoms with Gasteiger partial charge in [-0.05, 0) is 37.6 Å². The number of aryl methyl sites for hydroxylation is 2. The monoisotopic (exact) mass is 315 g/mol. The zero-order chi connectivity index (χ0) is 17.0. The summed E-state index contributed by atoms with van der Waals surface area (Å²) in [7, 11) is 3.41. The van der Waals surface area contributed by atoms with Crippen molar-refractivity contribution < 1.29 is 9.59 Å². The van der Waals surface area contributed by atoms with Crippen LogP contribution in [0, 0.1) is 6.92 Å². The molecule has 122 valence electrons. The zero-order valence-corrected chi connectivity index (χ0v) is 13.7. The minimum Gasteiger partial charge on any atom is -0.355 e. The van der Waals surface area contributed by atoms with Crippen LogP contribution in [0.2, 0.25) is 0 Å². The predicted molar refractivity (Wildman–Crippen MR) is 88.3 cm³/mol. The third-order valence-electron chi connectivity index (χ3n) is 3.54. The van der Waals surface area contributed by atoms with Gasteiger partial charge in [-0.2, -0.15) is 5.10 Å². The van der Waals surface area contributed by atoms with Crippen LogP contribution in [0.5, 0.6) is 0 Å². The van der Waals surface area contributed by atoms with Crippen LogP contribution in [0.15, 0.2) is 30.6 Å². The Bertz CT molecular complexity index is 723. The Hall–Kier alpha value is -2.83. The number of amides is 3. The molecule has 7 nitrogen and oxygen atoms in total. The SMILES string of the molecule is CNC(=O)c1ccc(NC(=O)NC(C)c2cnn(C)c2)c(C)c1. The number of hydrogen-bond acceptors (Lipinski definition) is 3. The lowest BCUT2D eigenvalue weighted by atomic mass is 10.1. The quantitative estimate of drug-likeness (QED) is 0.806. The van der Waals surface area contributed by atoms with Crippen LogP contribution in [-0.2, 0) is 7.05 Å². The van der Waals surface area contributed by atoms with E-state index < -0.39 is 0 Å². The Labute approximate surface area is 135 Å². The van der Waals surface area contributed by atoms with Crippen molar-refractivity contribution in [2.75, 3.05) is 12.4 Å². The molecule has 0 fully saturated rings. The highest BCUT2D eigenvalue weighted by Crippen LogP contribution is 2.17. The van der Waals surface area contributed by atoms with Crippen molar-refractivity contribution >= 4 is 17.6 Å². The normalized spacial score (nSPS) is 11.7. The molecular weight excluding hydrogens is 294 g/mol. The number of rotatable bonds is 4. The van der Waals surface area contributed by atoms with E-state index in [1.165, 1.54) is 0 Å². The summed E-state index contributed by atoms with van der Waals surface area (Å²) in [5.74, 6) is -0.158. The Morgan fingerprint density at radius 2 is 2.04 bits per heavy atom. The van der Waals surface area contributed by atoms with Gasteiger partial charge in [0.05, 0.1) is 12.2 Å². The van der Waals surface area contributed by atoms with Crippen molar-refractivity contribution in [2.45, 2.75) is 19.9 Å². The van der Waals surface area contributed by atoms with E-state index in [1.54, 1.807) is 36.1 Å². The molecule has 2 rings (SSSR count). The third-order valence-corrected chi connectivity index (χ3v) is 3.54. The second-order valence-electron chi connectivity index (χ2n) is 5.38. The largest absolute Gasteiger partial charge is 0.355 e. The van der Waals surface area contributed by atoms with E-state index >= 15 is 0 Å².